The fourth-order valence-corrected chi connectivity index (χ4v) is 1.90. The van der Waals surface area contributed by atoms with Crippen molar-refractivity contribution >= 4 is 11.6 Å². The molecular formula is C14H17N3O2. The van der Waals surface area contributed by atoms with Gasteiger partial charge in [0.25, 0.3) is 0 Å². The predicted octanol–water partition coefficient (Wildman–Crippen LogP) is 1.92. The van der Waals surface area contributed by atoms with Crippen LogP contribution in [-0.2, 0) is 18.3 Å². The quantitative estimate of drug-likeness (QED) is 0.912. The molecule has 2 aromatic rings. The number of ether oxygens (including phenoxy) is 1. The number of methoxy groups -OCH3 is 1. The van der Waals surface area contributed by atoms with Crippen molar-refractivity contribution in [2.45, 2.75) is 13.3 Å². The minimum atomic E-state index is -0.0729. The first-order valence-corrected chi connectivity index (χ1v) is 6.02. The Bertz CT molecular complexity index is 590. The van der Waals surface area contributed by atoms with Gasteiger partial charge in [0.1, 0.15) is 5.75 Å². The molecule has 0 aliphatic rings. The van der Waals surface area contributed by atoms with Crippen molar-refractivity contribution < 1.29 is 9.53 Å². The monoisotopic (exact) mass is 259 g/mol. The molecule has 0 aliphatic carbocycles. The Balaban J connectivity index is 2.03. The van der Waals surface area contributed by atoms with Gasteiger partial charge in [-0.05, 0) is 25.1 Å². The summed E-state index contributed by atoms with van der Waals surface area (Å²) in [5, 5.41) is 7.06. The lowest BCUT2D eigenvalue weighted by Crippen LogP contribution is -2.16. The van der Waals surface area contributed by atoms with Crippen LogP contribution in [0.25, 0.3) is 0 Å². The number of carbonyl (C=O) groups is 1. The zero-order valence-electron chi connectivity index (χ0n) is 11.3. The molecule has 0 fully saturated rings. The Morgan fingerprint density at radius 2 is 2.21 bits per heavy atom. The SMILES string of the molecule is COc1cccc(NC(=O)Cc2cc(C)nn2C)c1. The summed E-state index contributed by atoms with van der Waals surface area (Å²) < 4.78 is 6.83. The number of nitrogens with one attached hydrogen (secondary N) is 1. The standard InChI is InChI=1S/C14H17N3O2/c1-10-7-12(17(2)16-10)9-14(18)15-11-5-4-6-13(8-11)19-3/h4-8H,9H2,1-3H3,(H,15,18). The van der Waals surface area contributed by atoms with Gasteiger partial charge in [0.05, 0.1) is 19.2 Å². The van der Waals surface area contributed by atoms with Crippen molar-refractivity contribution in [3.8, 4) is 5.75 Å². The van der Waals surface area contributed by atoms with E-state index in [-0.39, 0.29) is 5.91 Å². The molecule has 0 spiro atoms. The lowest BCUT2D eigenvalue weighted by molar-refractivity contribution is -0.115. The molecule has 0 saturated heterocycles. The van der Waals surface area contributed by atoms with Crippen molar-refractivity contribution in [3.05, 3.63) is 41.7 Å². The number of aromatic nitrogens is 2. The second-order valence-electron chi connectivity index (χ2n) is 4.36. The molecule has 0 unspecified atom stereocenters. The maximum Gasteiger partial charge on any atom is 0.230 e. The molecule has 1 amide bonds. The van der Waals surface area contributed by atoms with Crippen LogP contribution in [0.3, 0.4) is 0 Å². The van der Waals surface area contributed by atoms with Crippen molar-refractivity contribution in [1.82, 2.24) is 9.78 Å². The van der Waals surface area contributed by atoms with E-state index < -0.39 is 0 Å². The highest BCUT2D eigenvalue weighted by Crippen LogP contribution is 2.17. The maximum atomic E-state index is 11.9. The van der Waals surface area contributed by atoms with E-state index in [1.807, 2.05) is 38.2 Å². The van der Waals surface area contributed by atoms with Gasteiger partial charge in [-0.1, -0.05) is 6.07 Å². The van der Waals surface area contributed by atoms with Gasteiger partial charge in [-0.3, -0.25) is 9.48 Å². The van der Waals surface area contributed by atoms with Gasteiger partial charge in [0, 0.05) is 24.5 Å². The third-order valence-electron chi connectivity index (χ3n) is 2.79. The zero-order valence-corrected chi connectivity index (χ0v) is 11.3. The first-order chi connectivity index (χ1) is 9.08. The lowest BCUT2D eigenvalue weighted by Gasteiger charge is -2.07. The van der Waals surface area contributed by atoms with Gasteiger partial charge in [-0.2, -0.15) is 5.10 Å². The first-order valence-electron chi connectivity index (χ1n) is 6.02. The summed E-state index contributed by atoms with van der Waals surface area (Å²) in [7, 11) is 3.43. The summed E-state index contributed by atoms with van der Waals surface area (Å²) in [6.45, 7) is 1.91. The topological polar surface area (TPSA) is 56.1 Å². The highest BCUT2D eigenvalue weighted by atomic mass is 16.5. The van der Waals surface area contributed by atoms with E-state index in [4.69, 9.17) is 4.74 Å². The van der Waals surface area contributed by atoms with Gasteiger partial charge in [-0.15, -0.1) is 0 Å². The Morgan fingerprint density at radius 3 is 2.84 bits per heavy atom. The molecule has 19 heavy (non-hydrogen) atoms. The summed E-state index contributed by atoms with van der Waals surface area (Å²) in [4.78, 5) is 11.9. The van der Waals surface area contributed by atoms with E-state index in [1.54, 1.807) is 17.9 Å². The van der Waals surface area contributed by atoms with Crippen LogP contribution in [0, 0.1) is 6.92 Å². The largest absolute Gasteiger partial charge is 0.497 e. The smallest absolute Gasteiger partial charge is 0.230 e. The van der Waals surface area contributed by atoms with Gasteiger partial charge in [-0.25, -0.2) is 0 Å². The number of hydrogen-bond donors (Lipinski definition) is 1. The number of hydrogen-bond acceptors (Lipinski definition) is 3. The molecule has 1 heterocycles. The van der Waals surface area contributed by atoms with Gasteiger partial charge >= 0.3 is 0 Å². The van der Waals surface area contributed by atoms with Crippen molar-refractivity contribution in [2.75, 3.05) is 12.4 Å². The molecule has 0 radical (unpaired) electrons. The average Bonchev–Trinajstić information content (AvgIpc) is 2.68. The second kappa shape index (κ2) is 5.56. The van der Waals surface area contributed by atoms with Gasteiger partial charge in [0.2, 0.25) is 5.91 Å². The van der Waals surface area contributed by atoms with Crippen molar-refractivity contribution in [3.63, 3.8) is 0 Å². The van der Waals surface area contributed by atoms with Crippen LogP contribution >= 0.6 is 0 Å². The van der Waals surface area contributed by atoms with Crippen LogP contribution in [0.5, 0.6) is 5.75 Å². The minimum absolute atomic E-state index is 0.0729. The molecule has 2 rings (SSSR count). The third-order valence-corrected chi connectivity index (χ3v) is 2.79. The van der Waals surface area contributed by atoms with Gasteiger partial charge < -0.3 is 10.1 Å². The van der Waals surface area contributed by atoms with Crippen LogP contribution < -0.4 is 10.1 Å². The molecule has 0 saturated carbocycles. The number of amides is 1. The van der Waals surface area contributed by atoms with Crippen molar-refractivity contribution in [1.29, 1.82) is 0 Å². The van der Waals surface area contributed by atoms with E-state index in [0.717, 1.165) is 17.1 Å². The number of rotatable bonds is 4. The van der Waals surface area contributed by atoms with E-state index in [2.05, 4.69) is 10.4 Å². The average molecular weight is 259 g/mol. The highest BCUT2D eigenvalue weighted by molar-refractivity contribution is 5.92. The van der Waals surface area contributed by atoms with Gasteiger partial charge in [0.15, 0.2) is 0 Å². The predicted molar refractivity (Wildman–Crippen MR) is 73.3 cm³/mol. The Morgan fingerprint density at radius 1 is 1.42 bits per heavy atom. The Hall–Kier alpha value is -2.30. The van der Waals surface area contributed by atoms with Crippen LogP contribution in [0.15, 0.2) is 30.3 Å². The molecule has 0 atom stereocenters. The second-order valence-corrected chi connectivity index (χ2v) is 4.36. The molecule has 5 heteroatoms. The number of nitrogens with zero attached hydrogens (tertiary/aromatic N) is 2. The van der Waals surface area contributed by atoms with E-state index in [9.17, 15) is 4.79 Å². The molecular weight excluding hydrogens is 242 g/mol. The number of carbonyl (C=O) groups excluding carboxylic acids is 1. The molecule has 0 aliphatic heterocycles. The summed E-state index contributed by atoms with van der Waals surface area (Å²) >= 11 is 0. The Kier molecular flexibility index (Phi) is 3.85. The minimum Gasteiger partial charge on any atom is -0.497 e. The van der Waals surface area contributed by atoms with E-state index in [1.165, 1.54) is 0 Å². The molecule has 0 bridgehead atoms. The normalized spacial score (nSPS) is 10.3. The molecule has 1 aromatic carbocycles. The molecule has 1 N–H and O–H groups in total. The Labute approximate surface area is 112 Å². The first kappa shape index (κ1) is 13.1. The number of aryl methyl sites for hydroxylation is 2. The summed E-state index contributed by atoms with van der Waals surface area (Å²) in [6.07, 6.45) is 0.300. The fourth-order valence-electron chi connectivity index (χ4n) is 1.90. The van der Waals surface area contributed by atoms with Crippen LogP contribution in [0.2, 0.25) is 0 Å². The number of anilines is 1. The summed E-state index contributed by atoms with van der Waals surface area (Å²) in [5.74, 6) is 0.644. The number of benzene rings is 1. The molecule has 100 valence electrons. The van der Waals surface area contributed by atoms with E-state index in [0.29, 0.717) is 12.2 Å². The fraction of sp³-hybridized carbons (Fsp3) is 0.286. The molecule has 5 nitrogen and oxygen atoms in total. The highest BCUT2D eigenvalue weighted by Gasteiger charge is 2.09. The summed E-state index contributed by atoms with van der Waals surface area (Å²) in [6, 6.07) is 9.19. The lowest BCUT2D eigenvalue weighted by atomic mass is 10.2. The zero-order chi connectivity index (χ0) is 13.8. The van der Waals surface area contributed by atoms with Crippen LogP contribution in [0.4, 0.5) is 5.69 Å². The van der Waals surface area contributed by atoms with Crippen molar-refractivity contribution in [2.24, 2.45) is 7.05 Å². The molecule has 1 aromatic heterocycles. The van der Waals surface area contributed by atoms with Crippen LogP contribution in [0.1, 0.15) is 11.4 Å². The maximum absolute atomic E-state index is 11.9. The summed E-state index contributed by atoms with van der Waals surface area (Å²) in [5.41, 5.74) is 2.52. The van der Waals surface area contributed by atoms with Crippen LogP contribution in [-0.4, -0.2) is 22.8 Å². The third kappa shape index (κ3) is 3.34. The van der Waals surface area contributed by atoms with E-state index >= 15 is 0 Å².